The van der Waals surface area contributed by atoms with Crippen molar-refractivity contribution in [1.29, 1.82) is 0 Å². The second-order valence-corrected chi connectivity index (χ2v) is 4.93. The van der Waals surface area contributed by atoms with E-state index in [2.05, 4.69) is 6.92 Å². The first-order valence-corrected chi connectivity index (χ1v) is 5.61. The van der Waals surface area contributed by atoms with Gasteiger partial charge in [-0.3, -0.25) is 0 Å². The molecular weight excluding hydrogens is 210 g/mol. The van der Waals surface area contributed by atoms with Crippen molar-refractivity contribution in [3.8, 4) is 0 Å². The van der Waals surface area contributed by atoms with E-state index in [1.54, 1.807) is 12.1 Å². The normalized spacial score (nSPS) is 31.3. The highest BCUT2D eigenvalue weighted by Crippen LogP contribution is 2.59. The van der Waals surface area contributed by atoms with Crippen molar-refractivity contribution in [3.05, 3.63) is 34.9 Å². The van der Waals surface area contributed by atoms with Gasteiger partial charge in [-0.15, -0.1) is 0 Å². The predicted molar refractivity (Wildman–Crippen MR) is 61.7 cm³/mol. The predicted octanol–water partition coefficient (Wildman–Crippen LogP) is 2.36. The first-order chi connectivity index (χ1) is 7.10. The van der Waals surface area contributed by atoms with Crippen LogP contribution in [0.1, 0.15) is 25.0 Å². The van der Waals surface area contributed by atoms with Crippen molar-refractivity contribution < 1.29 is 5.11 Å². The Balaban J connectivity index is 2.21. The summed E-state index contributed by atoms with van der Waals surface area (Å²) in [6.45, 7) is 2.67. The first-order valence-electron chi connectivity index (χ1n) is 5.24. The Morgan fingerprint density at radius 1 is 1.53 bits per heavy atom. The molecule has 0 saturated heterocycles. The average Bonchev–Trinajstić information content (AvgIpc) is 2.91. The maximum atomic E-state index is 10.2. The van der Waals surface area contributed by atoms with Crippen LogP contribution in [0.3, 0.4) is 0 Å². The van der Waals surface area contributed by atoms with Crippen LogP contribution in [0.5, 0.6) is 0 Å². The van der Waals surface area contributed by atoms with Crippen LogP contribution in [0, 0.1) is 11.3 Å². The molecule has 1 fully saturated rings. The van der Waals surface area contributed by atoms with Gasteiger partial charge in [0, 0.05) is 17.0 Å². The number of halogens is 1. The van der Waals surface area contributed by atoms with E-state index >= 15 is 0 Å². The zero-order chi connectivity index (χ0) is 11.1. The second-order valence-electron chi connectivity index (χ2n) is 4.50. The second kappa shape index (κ2) is 3.78. The highest BCUT2D eigenvalue weighted by atomic mass is 35.5. The maximum absolute atomic E-state index is 10.2. The minimum atomic E-state index is -0.463. The fourth-order valence-electron chi connectivity index (χ4n) is 2.27. The number of hydrogen-bond acceptors (Lipinski definition) is 2. The van der Waals surface area contributed by atoms with Crippen LogP contribution < -0.4 is 5.73 Å². The van der Waals surface area contributed by atoms with Gasteiger partial charge < -0.3 is 10.8 Å². The zero-order valence-electron chi connectivity index (χ0n) is 8.78. The van der Waals surface area contributed by atoms with Gasteiger partial charge in [0.1, 0.15) is 0 Å². The Labute approximate surface area is 95.1 Å². The van der Waals surface area contributed by atoms with E-state index in [1.165, 1.54) is 0 Å². The van der Waals surface area contributed by atoms with E-state index in [9.17, 15) is 5.11 Å². The van der Waals surface area contributed by atoms with Crippen molar-refractivity contribution in [2.24, 2.45) is 17.1 Å². The first kappa shape index (κ1) is 10.9. The average molecular weight is 226 g/mol. The molecule has 0 aromatic heterocycles. The van der Waals surface area contributed by atoms with E-state index in [0.29, 0.717) is 17.5 Å². The molecular formula is C12H16ClNO. The topological polar surface area (TPSA) is 46.2 Å². The number of nitrogens with two attached hydrogens (primary N) is 1. The highest BCUT2D eigenvalue weighted by molar-refractivity contribution is 6.30. The van der Waals surface area contributed by atoms with E-state index in [-0.39, 0.29) is 5.41 Å². The van der Waals surface area contributed by atoms with Crippen molar-refractivity contribution in [2.45, 2.75) is 19.4 Å². The summed E-state index contributed by atoms with van der Waals surface area (Å²) in [7, 11) is 0. The summed E-state index contributed by atoms with van der Waals surface area (Å²) < 4.78 is 0. The van der Waals surface area contributed by atoms with Crippen LogP contribution in [-0.4, -0.2) is 11.7 Å². The van der Waals surface area contributed by atoms with Gasteiger partial charge in [-0.05, 0) is 30.0 Å². The number of aliphatic hydroxyl groups excluding tert-OH is 1. The van der Waals surface area contributed by atoms with E-state index in [1.807, 2.05) is 12.1 Å². The molecule has 0 amide bonds. The molecule has 3 heteroatoms. The molecule has 1 saturated carbocycles. The number of hydrogen-bond donors (Lipinski definition) is 2. The molecule has 1 aromatic carbocycles. The van der Waals surface area contributed by atoms with Gasteiger partial charge in [0.05, 0.1) is 6.10 Å². The lowest BCUT2D eigenvalue weighted by Gasteiger charge is -2.22. The van der Waals surface area contributed by atoms with Crippen LogP contribution in [-0.2, 0) is 0 Å². The molecule has 0 aliphatic heterocycles. The maximum Gasteiger partial charge on any atom is 0.0860 e. The molecule has 3 N–H and O–H groups in total. The Hall–Kier alpha value is -0.570. The smallest absolute Gasteiger partial charge is 0.0860 e. The van der Waals surface area contributed by atoms with Gasteiger partial charge in [0.2, 0.25) is 0 Å². The molecule has 2 nitrogen and oxygen atoms in total. The lowest BCUT2D eigenvalue weighted by molar-refractivity contribution is 0.0889. The third-order valence-electron chi connectivity index (χ3n) is 3.62. The summed E-state index contributed by atoms with van der Waals surface area (Å²) in [5, 5.41) is 10.9. The lowest BCUT2D eigenvalue weighted by atomic mass is 9.91. The summed E-state index contributed by atoms with van der Waals surface area (Å²) in [5.74, 6) is 0.508. The van der Waals surface area contributed by atoms with E-state index < -0.39 is 6.10 Å². The van der Waals surface area contributed by atoms with E-state index in [4.69, 9.17) is 17.3 Å². The molecule has 1 aliphatic rings. The Morgan fingerprint density at radius 3 is 2.47 bits per heavy atom. The number of rotatable bonds is 3. The summed E-state index contributed by atoms with van der Waals surface area (Å²) in [4.78, 5) is 0. The van der Waals surface area contributed by atoms with Crippen LogP contribution in [0.4, 0.5) is 0 Å². The monoisotopic (exact) mass is 225 g/mol. The Kier molecular flexibility index (Phi) is 2.75. The minimum absolute atomic E-state index is 0.103. The summed E-state index contributed by atoms with van der Waals surface area (Å²) in [6, 6.07) is 7.35. The molecule has 0 bridgehead atoms. The molecule has 15 heavy (non-hydrogen) atoms. The fourth-order valence-corrected chi connectivity index (χ4v) is 2.39. The Morgan fingerprint density at radius 2 is 2.07 bits per heavy atom. The van der Waals surface area contributed by atoms with Gasteiger partial charge in [-0.25, -0.2) is 0 Å². The van der Waals surface area contributed by atoms with Crippen molar-refractivity contribution in [3.63, 3.8) is 0 Å². The molecule has 0 radical (unpaired) electrons. The van der Waals surface area contributed by atoms with Gasteiger partial charge in [0.25, 0.3) is 0 Å². The summed E-state index contributed by atoms with van der Waals surface area (Å²) in [6.07, 6.45) is 0.544. The molecule has 1 aliphatic carbocycles. The Bertz CT molecular complexity index is 347. The van der Waals surface area contributed by atoms with Crippen molar-refractivity contribution in [2.75, 3.05) is 6.54 Å². The van der Waals surface area contributed by atoms with Gasteiger partial charge in [-0.2, -0.15) is 0 Å². The van der Waals surface area contributed by atoms with Crippen LogP contribution >= 0.6 is 11.6 Å². The van der Waals surface area contributed by atoms with Crippen molar-refractivity contribution >= 4 is 11.6 Å². The van der Waals surface area contributed by atoms with Crippen molar-refractivity contribution in [1.82, 2.24) is 0 Å². The third-order valence-corrected chi connectivity index (χ3v) is 3.87. The van der Waals surface area contributed by atoms with Gasteiger partial charge in [0.15, 0.2) is 0 Å². The third kappa shape index (κ3) is 1.78. The lowest BCUT2D eigenvalue weighted by Crippen LogP contribution is -2.25. The number of aliphatic hydroxyl groups is 1. The molecule has 82 valence electrons. The van der Waals surface area contributed by atoms with Gasteiger partial charge in [-0.1, -0.05) is 30.7 Å². The van der Waals surface area contributed by atoms with Crippen LogP contribution in [0.15, 0.2) is 24.3 Å². The summed E-state index contributed by atoms with van der Waals surface area (Å²) in [5.41, 5.74) is 6.55. The zero-order valence-corrected chi connectivity index (χ0v) is 9.54. The largest absolute Gasteiger partial charge is 0.388 e. The minimum Gasteiger partial charge on any atom is -0.388 e. The quantitative estimate of drug-likeness (QED) is 0.830. The molecule has 3 unspecified atom stereocenters. The van der Waals surface area contributed by atoms with E-state index in [0.717, 1.165) is 12.0 Å². The standard InChI is InChI=1S/C12H16ClNO/c1-8-6-12(8,7-14)11(15)9-2-4-10(13)5-3-9/h2-5,8,11,15H,6-7,14H2,1H3. The molecule has 3 atom stereocenters. The van der Waals surface area contributed by atoms with Crippen LogP contribution in [0.25, 0.3) is 0 Å². The molecule has 1 aromatic rings. The summed E-state index contributed by atoms with van der Waals surface area (Å²) >= 11 is 5.80. The molecule has 0 spiro atoms. The van der Waals surface area contributed by atoms with Gasteiger partial charge >= 0.3 is 0 Å². The molecule has 0 heterocycles. The molecule has 2 rings (SSSR count). The van der Waals surface area contributed by atoms with Crippen LogP contribution in [0.2, 0.25) is 5.02 Å². The fraction of sp³-hybridized carbons (Fsp3) is 0.500. The highest BCUT2D eigenvalue weighted by Gasteiger charge is 2.55. The SMILES string of the molecule is CC1CC1(CN)C(O)c1ccc(Cl)cc1. The number of benzene rings is 1.